The van der Waals surface area contributed by atoms with E-state index in [9.17, 15) is 10.1 Å². The van der Waals surface area contributed by atoms with Gasteiger partial charge in [-0.15, -0.1) is 5.10 Å². The minimum absolute atomic E-state index is 0.0795. The lowest BCUT2D eigenvalue weighted by Crippen LogP contribution is -2.18. The molecule has 0 saturated heterocycles. The number of aromatic nitrogens is 5. The molecule has 0 aliphatic carbocycles. The van der Waals surface area contributed by atoms with E-state index in [4.69, 9.17) is 9.72 Å². The molecule has 5 rings (SSSR count). The summed E-state index contributed by atoms with van der Waals surface area (Å²) < 4.78 is 8.81. The van der Waals surface area contributed by atoms with Crippen LogP contribution in [0.25, 0.3) is 22.2 Å². The third-order valence-electron chi connectivity index (χ3n) is 6.00. The maximum Gasteiger partial charge on any atom is 0.236 e. The molecule has 3 heterocycles. The number of methoxy groups -OCH3 is 1. The predicted molar refractivity (Wildman–Crippen MR) is 139 cm³/mol. The van der Waals surface area contributed by atoms with Crippen LogP contribution in [0.2, 0.25) is 0 Å². The molecule has 0 radical (unpaired) electrons. The van der Waals surface area contributed by atoms with E-state index in [1.165, 1.54) is 11.8 Å². The Hall–Kier alpha value is -4.36. The Bertz CT molecular complexity index is 1660. The van der Waals surface area contributed by atoms with E-state index in [1.54, 1.807) is 11.6 Å². The van der Waals surface area contributed by atoms with Crippen molar-refractivity contribution in [1.82, 2.24) is 24.1 Å². The van der Waals surface area contributed by atoms with Gasteiger partial charge in [0.15, 0.2) is 10.8 Å². The molecule has 1 N–H and O–H groups in total. The Kier molecular flexibility index (Phi) is 6.08. The number of fused-ring (bicyclic) bond motifs is 3. The highest BCUT2D eigenvalue weighted by Crippen LogP contribution is 2.31. The maximum absolute atomic E-state index is 13.1. The fourth-order valence-corrected chi connectivity index (χ4v) is 4.88. The summed E-state index contributed by atoms with van der Waals surface area (Å²) in [5.41, 5.74) is 4.42. The molecule has 180 valence electrons. The molecule has 5 aromatic rings. The number of carbonyl (C=O) groups is 1. The zero-order valence-electron chi connectivity index (χ0n) is 20.2. The van der Waals surface area contributed by atoms with E-state index in [2.05, 4.69) is 21.5 Å². The second-order valence-corrected chi connectivity index (χ2v) is 9.16. The van der Waals surface area contributed by atoms with Gasteiger partial charge in [0.25, 0.3) is 0 Å². The van der Waals surface area contributed by atoms with Gasteiger partial charge in [0.2, 0.25) is 5.91 Å². The second kappa shape index (κ2) is 9.36. The Morgan fingerprint density at radius 2 is 1.86 bits per heavy atom. The van der Waals surface area contributed by atoms with Gasteiger partial charge in [-0.3, -0.25) is 9.36 Å². The number of aryl methyl sites for hydroxylation is 1. The number of amides is 1. The van der Waals surface area contributed by atoms with Crippen LogP contribution in [0.1, 0.15) is 22.6 Å². The summed E-state index contributed by atoms with van der Waals surface area (Å²) >= 11 is 1.27. The van der Waals surface area contributed by atoms with Gasteiger partial charge in [0, 0.05) is 16.8 Å². The molecule has 0 fully saturated rings. The molecule has 0 unspecified atom stereocenters. The van der Waals surface area contributed by atoms with Gasteiger partial charge in [-0.05, 0) is 62.7 Å². The van der Waals surface area contributed by atoms with Crippen LogP contribution in [0.3, 0.4) is 0 Å². The van der Waals surface area contributed by atoms with E-state index < -0.39 is 0 Å². The number of benzene rings is 2. The standard InChI is InChI=1S/C26H23N7O2S/c1-15-16(2)32(18-9-11-19(35-4)12-10-18)24(21(15)13-27)30-23(34)14-36-26-29-22-8-6-5-7-20(22)25-28-17(3)31-33(25)26/h5-12H,14H2,1-4H3,(H,30,34). The third-order valence-corrected chi connectivity index (χ3v) is 6.93. The van der Waals surface area contributed by atoms with Gasteiger partial charge in [0.05, 0.1) is 23.9 Å². The number of carbonyl (C=O) groups excluding carboxylic acids is 1. The molecular weight excluding hydrogens is 474 g/mol. The van der Waals surface area contributed by atoms with Crippen molar-refractivity contribution in [3.05, 3.63) is 71.2 Å². The third kappa shape index (κ3) is 4.03. The number of nitrogens with one attached hydrogen (secondary N) is 1. The van der Waals surface area contributed by atoms with Crippen molar-refractivity contribution in [2.45, 2.75) is 25.9 Å². The van der Waals surface area contributed by atoms with Crippen LogP contribution in [0.15, 0.2) is 53.7 Å². The first kappa shape index (κ1) is 23.4. The number of ether oxygens (including phenoxy) is 1. The van der Waals surface area contributed by atoms with Crippen molar-refractivity contribution >= 4 is 40.0 Å². The maximum atomic E-state index is 13.1. The van der Waals surface area contributed by atoms with Crippen LogP contribution in [-0.4, -0.2) is 42.9 Å². The van der Waals surface area contributed by atoms with Gasteiger partial charge in [-0.2, -0.15) is 9.78 Å². The summed E-state index contributed by atoms with van der Waals surface area (Å²) in [6.45, 7) is 5.62. The lowest BCUT2D eigenvalue weighted by Gasteiger charge is -2.14. The van der Waals surface area contributed by atoms with Crippen molar-refractivity contribution in [1.29, 1.82) is 5.26 Å². The van der Waals surface area contributed by atoms with Gasteiger partial charge in [0.1, 0.15) is 23.5 Å². The number of anilines is 1. The average molecular weight is 498 g/mol. The van der Waals surface area contributed by atoms with Crippen LogP contribution < -0.4 is 10.1 Å². The van der Waals surface area contributed by atoms with Crippen LogP contribution in [0.4, 0.5) is 5.82 Å². The predicted octanol–water partition coefficient (Wildman–Crippen LogP) is 4.60. The summed E-state index contributed by atoms with van der Waals surface area (Å²) in [5.74, 6) is 1.61. The van der Waals surface area contributed by atoms with Crippen molar-refractivity contribution in [2.24, 2.45) is 0 Å². The molecule has 10 heteroatoms. The minimum atomic E-state index is -0.260. The van der Waals surface area contributed by atoms with Crippen molar-refractivity contribution in [3.8, 4) is 17.5 Å². The SMILES string of the molecule is COc1ccc(-n2c(C)c(C)c(C#N)c2NC(=O)CSc2nc3ccccc3c3nc(C)nn23)cc1. The van der Waals surface area contributed by atoms with E-state index in [0.717, 1.165) is 33.6 Å². The lowest BCUT2D eigenvalue weighted by molar-refractivity contribution is -0.113. The summed E-state index contributed by atoms with van der Waals surface area (Å²) in [7, 11) is 1.61. The number of nitriles is 1. The van der Waals surface area contributed by atoms with Crippen LogP contribution in [-0.2, 0) is 4.79 Å². The van der Waals surface area contributed by atoms with Crippen molar-refractivity contribution < 1.29 is 9.53 Å². The van der Waals surface area contributed by atoms with Crippen molar-refractivity contribution in [3.63, 3.8) is 0 Å². The van der Waals surface area contributed by atoms with Gasteiger partial charge < -0.3 is 10.1 Å². The first-order chi connectivity index (χ1) is 17.4. The smallest absolute Gasteiger partial charge is 0.236 e. The van der Waals surface area contributed by atoms with E-state index >= 15 is 0 Å². The highest BCUT2D eigenvalue weighted by Gasteiger charge is 2.21. The Morgan fingerprint density at radius 1 is 1.11 bits per heavy atom. The fourth-order valence-electron chi connectivity index (χ4n) is 4.14. The largest absolute Gasteiger partial charge is 0.497 e. The number of para-hydroxylation sites is 1. The van der Waals surface area contributed by atoms with E-state index in [0.29, 0.717) is 28.0 Å². The molecule has 0 aliphatic heterocycles. The summed E-state index contributed by atoms with van der Waals surface area (Å²) in [6.07, 6.45) is 0. The summed E-state index contributed by atoms with van der Waals surface area (Å²) in [4.78, 5) is 22.4. The van der Waals surface area contributed by atoms with E-state index in [-0.39, 0.29) is 11.7 Å². The number of hydrogen-bond acceptors (Lipinski definition) is 7. The topological polar surface area (TPSA) is 110 Å². The number of nitrogens with zero attached hydrogens (tertiary/aromatic N) is 6. The number of hydrogen-bond donors (Lipinski definition) is 1. The number of rotatable bonds is 6. The number of thioether (sulfide) groups is 1. The zero-order valence-corrected chi connectivity index (χ0v) is 21.1. The zero-order chi connectivity index (χ0) is 25.4. The minimum Gasteiger partial charge on any atom is -0.497 e. The molecule has 2 aromatic carbocycles. The Morgan fingerprint density at radius 3 is 2.58 bits per heavy atom. The molecule has 9 nitrogen and oxygen atoms in total. The molecule has 36 heavy (non-hydrogen) atoms. The Labute approximate surface area is 211 Å². The monoisotopic (exact) mass is 497 g/mol. The summed E-state index contributed by atoms with van der Waals surface area (Å²) in [5, 5.41) is 18.7. The average Bonchev–Trinajstić information content (AvgIpc) is 3.39. The highest BCUT2D eigenvalue weighted by atomic mass is 32.2. The summed E-state index contributed by atoms with van der Waals surface area (Å²) in [6, 6.07) is 17.4. The first-order valence-electron chi connectivity index (χ1n) is 11.2. The van der Waals surface area contributed by atoms with Gasteiger partial charge in [-0.1, -0.05) is 23.9 Å². The normalized spacial score (nSPS) is 11.1. The first-order valence-corrected chi connectivity index (χ1v) is 12.2. The molecule has 0 bridgehead atoms. The molecular formula is C26H23N7O2S. The molecule has 0 aliphatic rings. The van der Waals surface area contributed by atoms with Gasteiger partial charge >= 0.3 is 0 Å². The molecule has 0 saturated carbocycles. The van der Waals surface area contributed by atoms with Crippen LogP contribution in [0, 0.1) is 32.1 Å². The Balaban J connectivity index is 1.45. The lowest BCUT2D eigenvalue weighted by atomic mass is 10.2. The van der Waals surface area contributed by atoms with Gasteiger partial charge in [-0.25, -0.2) is 9.97 Å². The second-order valence-electron chi connectivity index (χ2n) is 8.22. The van der Waals surface area contributed by atoms with Crippen molar-refractivity contribution in [2.75, 3.05) is 18.2 Å². The molecule has 1 amide bonds. The van der Waals surface area contributed by atoms with Crippen LogP contribution in [0.5, 0.6) is 5.75 Å². The molecule has 3 aromatic heterocycles. The fraction of sp³-hybridized carbons (Fsp3) is 0.192. The molecule has 0 atom stereocenters. The highest BCUT2D eigenvalue weighted by molar-refractivity contribution is 7.99. The quantitative estimate of drug-likeness (QED) is 0.270. The molecule has 0 spiro atoms. The van der Waals surface area contributed by atoms with E-state index in [1.807, 2.05) is 73.9 Å². The van der Waals surface area contributed by atoms with Crippen LogP contribution >= 0.6 is 11.8 Å².